The van der Waals surface area contributed by atoms with Crippen LogP contribution in [-0.4, -0.2) is 36.2 Å². The van der Waals surface area contributed by atoms with Crippen molar-refractivity contribution < 1.29 is 14.3 Å². The predicted octanol–water partition coefficient (Wildman–Crippen LogP) is 2.51. The normalized spacial score (nSPS) is 10.8. The first-order valence-corrected chi connectivity index (χ1v) is 8.84. The fourth-order valence-electron chi connectivity index (χ4n) is 2.65. The Labute approximate surface area is 162 Å². The topological polar surface area (TPSA) is 92.7 Å². The predicted molar refractivity (Wildman–Crippen MR) is 107 cm³/mol. The van der Waals surface area contributed by atoms with Gasteiger partial charge >= 0.3 is 0 Å². The van der Waals surface area contributed by atoms with Crippen molar-refractivity contribution in [3.63, 3.8) is 0 Å². The number of hydrazone groups is 1. The third kappa shape index (κ3) is 4.70. The van der Waals surface area contributed by atoms with Crippen molar-refractivity contribution in [2.75, 3.05) is 13.2 Å². The van der Waals surface area contributed by atoms with E-state index in [0.29, 0.717) is 12.4 Å². The van der Waals surface area contributed by atoms with Gasteiger partial charge < -0.3 is 10.1 Å². The average molecular weight is 376 g/mol. The van der Waals surface area contributed by atoms with Gasteiger partial charge in [-0.05, 0) is 35.9 Å². The Morgan fingerprint density at radius 1 is 1.11 bits per heavy atom. The minimum Gasteiger partial charge on any atom is -0.493 e. The molecule has 3 aromatic rings. The molecule has 3 rings (SSSR count). The highest BCUT2D eigenvalue weighted by Crippen LogP contribution is 2.26. The van der Waals surface area contributed by atoms with Crippen LogP contribution in [0.4, 0.5) is 0 Å². The summed E-state index contributed by atoms with van der Waals surface area (Å²) in [5.41, 5.74) is 3.43. The van der Waals surface area contributed by atoms with Crippen LogP contribution in [0.25, 0.3) is 10.8 Å². The summed E-state index contributed by atoms with van der Waals surface area (Å²) in [5, 5.41) is 8.52. The fraction of sp³-hybridized carbons (Fsp3) is 0.143. The lowest BCUT2D eigenvalue weighted by molar-refractivity contribution is -0.120. The summed E-state index contributed by atoms with van der Waals surface area (Å²) in [6.07, 6.45) is 3.06. The Hall–Kier alpha value is -3.74. The summed E-state index contributed by atoms with van der Waals surface area (Å²) >= 11 is 0. The number of nitrogens with one attached hydrogen (secondary N) is 2. The van der Waals surface area contributed by atoms with E-state index in [1.165, 1.54) is 6.20 Å². The van der Waals surface area contributed by atoms with Crippen LogP contribution in [0.15, 0.2) is 65.9 Å². The molecule has 0 saturated carbocycles. The Balaban J connectivity index is 1.64. The van der Waals surface area contributed by atoms with Gasteiger partial charge in [0.05, 0.1) is 19.4 Å². The number of pyridine rings is 1. The van der Waals surface area contributed by atoms with E-state index in [4.69, 9.17) is 4.74 Å². The van der Waals surface area contributed by atoms with Gasteiger partial charge in [0.25, 0.3) is 11.8 Å². The molecule has 0 aliphatic rings. The Morgan fingerprint density at radius 2 is 1.93 bits per heavy atom. The molecule has 2 aromatic carbocycles. The van der Waals surface area contributed by atoms with Gasteiger partial charge in [-0.15, -0.1) is 0 Å². The molecule has 0 atom stereocenters. The monoisotopic (exact) mass is 376 g/mol. The number of carbonyl (C=O) groups is 2. The zero-order valence-electron chi connectivity index (χ0n) is 15.4. The molecule has 0 aliphatic carbocycles. The SMILES string of the molecule is CCOc1ccc2ccccc2c1C=NNC(=O)CNC(=O)c1ccccn1. The van der Waals surface area contributed by atoms with Gasteiger partial charge in [0, 0.05) is 11.8 Å². The smallest absolute Gasteiger partial charge is 0.270 e. The van der Waals surface area contributed by atoms with Gasteiger partial charge in [-0.2, -0.15) is 5.10 Å². The summed E-state index contributed by atoms with van der Waals surface area (Å²) in [6.45, 7) is 2.22. The first kappa shape index (κ1) is 19.0. The van der Waals surface area contributed by atoms with Crippen molar-refractivity contribution in [3.8, 4) is 5.75 Å². The molecule has 0 spiro atoms. The van der Waals surface area contributed by atoms with Crippen LogP contribution >= 0.6 is 0 Å². The standard InChI is InChI=1S/C21H20N4O3/c1-2-28-19-11-10-15-7-3-4-8-16(15)17(19)13-24-25-20(26)14-23-21(27)18-9-5-6-12-22-18/h3-13H,2,14H2,1H3,(H,23,27)(H,25,26). The number of hydrogen-bond donors (Lipinski definition) is 2. The first-order valence-electron chi connectivity index (χ1n) is 8.84. The molecule has 0 unspecified atom stereocenters. The second-order valence-corrected chi connectivity index (χ2v) is 5.82. The third-order valence-electron chi connectivity index (χ3n) is 3.92. The molecule has 0 saturated heterocycles. The molecule has 1 aromatic heterocycles. The first-order chi connectivity index (χ1) is 13.7. The maximum Gasteiger partial charge on any atom is 0.270 e. The molecule has 0 radical (unpaired) electrons. The van der Waals surface area contributed by atoms with Gasteiger partial charge in [0.2, 0.25) is 0 Å². The molecular weight excluding hydrogens is 356 g/mol. The van der Waals surface area contributed by atoms with Crippen LogP contribution in [0.1, 0.15) is 23.0 Å². The van der Waals surface area contributed by atoms with Gasteiger partial charge in [-0.25, -0.2) is 5.43 Å². The fourth-order valence-corrected chi connectivity index (χ4v) is 2.65. The number of ether oxygens (including phenoxy) is 1. The van der Waals surface area contributed by atoms with Gasteiger partial charge in [0.15, 0.2) is 0 Å². The van der Waals surface area contributed by atoms with Crippen LogP contribution < -0.4 is 15.5 Å². The molecule has 7 nitrogen and oxygen atoms in total. The maximum absolute atomic E-state index is 12.0. The van der Waals surface area contributed by atoms with Crippen molar-refractivity contribution in [3.05, 3.63) is 72.1 Å². The molecular formula is C21H20N4O3. The highest BCUT2D eigenvalue weighted by molar-refractivity contribution is 6.02. The number of fused-ring (bicyclic) bond motifs is 1. The number of nitrogens with zero attached hydrogens (tertiary/aromatic N) is 2. The molecule has 2 N–H and O–H groups in total. The van der Waals surface area contributed by atoms with Crippen LogP contribution in [0.2, 0.25) is 0 Å². The van der Waals surface area contributed by atoms with Crippen molar-refractivity contribution in [2.45, 2.75) is 6.92 Å². The van der Waals surface area contributed by atoms with Crippen LogP contribution in [-0.2, 0) is 4.79 Å². The molecule has 0 aliphatic heterocycles. The van der Waals surface area contributed by atoms with E-state index in [2.05, 4.69) is 20.8 Å². The lowest BCUT2D eigenvalue weighted by Gasteiger charge is -2.10. The molecule has 0 fully saturated rings. The number of carbonyl (C=O) groups excluding carboxylic acids is 2. The van der Waals surface area contributed by atoms with Crippen LogP contribution in [0, 0.1) is 0 Å². The van der Waals surface area contributed by atoms with E-state index in [1.807, 2.05) is 43.3 Å². The van der Waals surface area contributed by atoms with E-state index >= 15 is 0 Å². The Morgan fingerprint density at radius 3 is 2.71 bits per heavy atom. The number of benzene rings is 2. The molecule has 0 bridgehead atoms. The number of hydrogen-bond acceptors (Lipinski definition) is 5. The summed E-state index contributed by atoms with van der Waals surface area (Å²) < 4.78 is 5.66. The summed E-state index contributed by atoms with van der Waals surface area (Å²) in [4.78, 5) is 27.8. The second kappa shape index (κ2) is 9.27. The number of amides is 2. The second-order valence-electron chi connectivity index (χ2n) is 5.82. The number of rotatable bonds is 7. The molecule has 142 valence electrons. The van der Waals surface area contributed by atoms with E-state index in [-0.39, 0.29) is 12.2 Å². The van der Waals surface area contributed by atoms with Crippen molar-refractivity contribution >= 4 is 28.8 Å². The van der Waals surface area contributed by atoms with E-state index in [9.17, 15) is 9.59 Å². The van der Waals surface area contributed by atoms with Gasteiger partial charge in [-0.3, -0.25) is 14.6 Å². The quantitative estimate of drug-likeness (QED) is 0.489. The molecule has 1 heterocycles. The average Bonchev–Trinajstić information content (AvgIpc) is 2.74. The number of aromatic nitrogens is 1. The summed E-state index contributed by atoms with van der Waals surface area (Å²) in [7, 11) is 0. The van der Waals surface area contributed by atoms with E-state index in [0.717, 1.165) is 16.3 Å². The Bertz CT molecular complexity index is 1000. The van der Waals surface area contributed by atoms with Gasteiger partial charge in [-0.1, -0.05) is 36.4 Å². The Kier molecular flexibility index (Phi) is 6.30. The lowest BCUT2D eigenvalue weighted by atomic mass is 10.0. The van der Waals surface area contributed by atoms with Crippen molar-refractivity contribution in [1.29, 1.82) is 0 Å². The van der Waals surface area contributed by atoms with Crippen molar-refractivity contribution in [1.82, 2.24) is 15.7 Å². The van der Waals surface area contributed by atoms with Crippen molar-refractivity contribution in [2.24, 2.45) is 5.10 Å². The largest absolute Gasteiger partial charge is 0.493 e. The third-order valence-corrected chi connectivity index (χ3v) is 3.92. The zero-order valence-corrected chi connectivity index (χ0v) is 15.4. The summed E-state index contributed by atoms with van der Waals surface area (Å²) in [5.74, 6) is -0.186. The van der Waals surface area contributed by atoms with E-state index < -0.39 is 11.8 Å². The highest BCUT2D eigenvalue weighted by Gasteiger charge is 2.09. The molecule has 2 amide bonds. The van der Waals surface area contributed by atoms with Gasteiger partial charge in [0.1, 0.15) is 11.4 Å². The lowest BCUT2D eigenvalue weighted by Crippen LogP contribution is -2.35. The van der Waals surface area contributed by atoms with Crippen LogP contribution in [0.5, 0.6) is 5.75 Å². The minimum atomic E-state index is -0.446. The molecule has 28 heavy (non-hydrogen) atoms. The summed E-state index contributed by atoms with van der Waals surface area (Å²) in [6, 6.07) is 16.7. The molecule has 7 heteroatoms. The zero-order chi connectivity index (χ0) is 19.8. The van der Waals surface area contributed by atoms with Crippen LogP contribution in [0.3, 0.4) is 0 Å². The minimum absolute atomic E-state index is 0.208. The maximum atomic E-state index is 12.0. The highest BCUT2D eigenvalue weighted by atomic mass is 16.5. The van der Waals surface area contributed by atoms with E-state index in [1.54, 1.807) is 24.4 Å².